The molecule has 2 aromatic rings. The monoisotopic (exact) mass is 650 g/mol. The molecular weight excluding hydrogens is 616 g/mol. The number of carbonyl (C=O) groups excluding carboxylic acids is 6. The van der Waals surface area contributed by atoms with E-state index in [-0.39, 0.29) is 23.6 Å². The Kier molecular flexibility index (Phi) is 12.5. The molecule has 0 bridgehead atoms. The molecule has 0 radical (unpaired) electrons. The number of hydrogen-bond donors (Lipinski definition) is 1. The lowest BCUT2D eigenvalue weighted by Gasteiger charge is -2.44. The number of methoxy groups -OCH3 is 2. The first kappa shape index (κ1) is 35.4. The molecule has 1 aromatic carbocycles. The van der Waals surface area contributed by atoms with E-state index in [0.717, 1.165) is 13.8 Å². The second-order valence-corrected chi connectivity index (χ2v) is 9.72. The Balaban J connectivity index is 1.87. The molecule has 0 saturated carbocycles. The topological polar surface area (TPSA) is 219 Å². The first-order valence-corrected chi connectivity index (χ1v) is 13.7. The van der Waals surface area contributed by atoms with Gasteiger partial charge in [0.1, 0.15) is 35.8 Å². The van der Waals surface area contributed by atoms with Crippen LogP contribution in [0.4, 0.5) is 0 Å². The zero-order chi connectivity index (χ0) is 34.0. The Bertz CT molecular complexity index is 1440. The van der Waals surface area contributed by atoms with Crippen LogP contribution >= 0.6 is 0 Å². The number of hydrogen-bond acceptors (Lipinski definition) is 16. The molecule has 18 nitrogen and oxygen atoms in total. The van der Waals surface area contributed by atoms with Crippen LogP contribution in [0.5, 0.6) is 5.75 Å². The average molecular weight is 651 g/mol. The fourth-order valence-electron chi connectivity index (χ4n) is 4.34. The quantitative estimate of drug-likeness (QED) is 0.219. The maximum atomic E-state index is 12.2. The number of nitrogens with one attached hydrogen (secondary N) is 1. The van der Waals surface area contributed by atoms with E-state index in [9.17, 15) is 28.8 Å². The SMILES string of the molecule is COC(=O)COc1cc(-n2cc(CO[C@H]3O[C@H](COC(C)=O)[C@@H](OC(C)=O)[C@@H](OC(C)=O)[C@@H]3NC(C)=O)nn2)ccc1C(=O)OC. The zero-order valence-electron chi connectivity index (χ0n) is 25.9. The summed E-state index contributed by atoms with van der Waals surface area (Å²) in [5.74, 6) is -4.02. The molecule has 1 aliphatic rings. The highest BCUT2D eigenvalue weighted by molar-refractivity contribution is 5.93. The number of amides is 1. The van der Waals surface area contributed by atoms with Gasteiger partial charge in [-0.1, -0.05) is 5.21 Å². The van der Waals surface area contributed by atoms with Gasteiger partial charge in [-0.25, -0.2) is 14.3 Å². The highest BCUT2D eigenvalue weighted by Gasteiger charge is 2.51. The lowest BCUT2D eigenvalue weighted by atomic mass is 9.96. The molecule has 5 atom stereocenters. The molecule has 1 fully saturated rings. The predicted octanol–water partition coefficient (Wildman–Crippen LogP) is -0.222. The van der Waals surface area contributed by atoms with Crippen molar-refractivity contribution in [2.24, 2.45) is 0 Å². The van der Waals surface area contributed by atoms with Crippen LogP contribution in [0, 0.1) is 0 Å². The van der Waals surface area contributed by atoms with E-state index in [2.05, 4.69) is 20.4 Å². The molecule has 1 saturated heterocycles. The lowest BCUT2D eigenvalue weighted by molar-refractivity contribution is -0.280. The highest BCUT2D eigenvalue weighted by atomic mass is 16.7. The molecule has 0 unspecified atom stereocenters. The van der Waals surface area contributed by atoms with Gasteiger partial charge in [-0.05, 0) is 12.1 Å². The van der Waals surface area contributed by atoms with Crippen molar-refractivity contribution in [2.45, 2.75) is 64.9 Å². The van der Waals surface area contributed by atoms with Gasteiger partial charge in [-0.2, -0.15) is 0 Å². The van der Waals surface area contributed by atoms with E-state index in [1.54, 1.807) is 0 Å². The van der Waals surface area contributed by atoms with E-state index >= 15 is 0 Å². The summed E-state index contributed by atoms with van der Waals surface area (Å²) in [6.07, 6.45) is -3.56. The Hall–Kier alpha value is -5.10. The summed E-state index contributed by atoms with van der Waals surface area (Å²) in [5, 5.41) is 10.7. The molecule has 3 rings (SSSR count). The van der Waals surface area contributed by atoms with Gasteiger partial charge in [-0.3, -0.25) is 19.2 Å². The average Bonchev–Trinajstić information content (AvgIpc) is 3.48. The molecule has 0 aliphatic carbocycles. The largest absolute Gasteiger partial charge is 0.481 e. The number of ether oxygens (including phenoxy) is 8. The Morgan fingerprint density at radius 1 is 0.935 bits per heavy atom. The van der Waals surface area contributed by atoms with Gasteiger partial charge in [0.2, 0.25) is 5.91 Å². The van der Waals surface area contributed by atoms with Crippen LogP contribution < -0.4 is 10.1 Å². The number of rotatable bonds is 13. The van der Waals surface area contributed by atoms with Crippen LogP contribution in [0.3, 0.4) is 0 Å². The van der Waals surface area contributed by atoms with E-state index in [1.165, 1.54) is 57.1 Å². The maximum absolute atomic E-state index is 12.2. The Morgan fingerprint density at radius 3 is 2.24 bits per heavy atom. The Morgan fingerprint density at radius 2 is 1.63 bits per heavy atom. The summed E-state index contributed by atoms with van der Waals surface area (Å²) in [7, 11) is 2.38. The third-order valence-corrected chi connectivity index (χ3v) is 6.22. The minimum atomic E-state index is -1.32. The number of carbonyl (C=O) groups is 6. The van der Waals surface area contributed by atoms with Crippen LogP contribution in [-0.2, 0) is 63.7 Å². The summed E-state index contributed by atoms with van der Waals surface area (Å²) >= 11 is 0. The normalized spacial score (nSPS) is 20.5. The van der Waals surface area contributed by atoms with Gasteiger partial charge < -0.3 is 43.2 Å². The van der Waals surface area contributed by atoms with Crippen LogP contribution in [0.15, 0.2) is 24.4 Å². The van der Waals surface area contributed by atoms with Gasteiger partial charge >= 0.3 is 29.8 Å². The fraction of sp³-hybridized carbons (Fsp3) is 0.500. The van der Waals surface area contributed by atoms with Crippen molar-refractivity contribution in [1.29, 1.82) is 0 Å². The van der Waals surface area contributed by atoms with Gasteiger partial charge in [0.25, 0.3) is 0 Å². The molecule has 0 spiro atoms. The number of esters is 5. The smallest absolute Gasteiger partial charge is 0.343 e. The molecular formula is C28H34N4O14. The van der Waals surface area contributed by atoms with Gasteiger partial charge in [0.15, 0.2) is 25.1 Å². The molecule has 46 heavy (non-hydrogen) atoms. The first-order chi connectivity index (χ1) is 21.8. The van der Waals surface area contributed by atoms with Crippen molar-refractivity contribution in [3.63, 3.8) is 0 Å². The Labute approximate surface area is 262 Å². The van der Waals surface area contributed by atoms with E-state index in [0.29, 0.717) is 5.69 Å². The third-order valence-electron chi connectivity index (χ3n) is 6.22. The molecule has 1 aromatic heterocycles. The molecule has 18 heteroatoms. The number of aromatic nitrogens is 3. The summed E-state index contributed by atoms with van der Waals surface area (Å²) in [5.41, 5.74) is 0.703. The summed E-state index contributed by atoms with van der Waals surface area (Å²) in [6, 6.07) is 3.21. The maximum Gasteiger partial charge on any atom is 0.343 e. The van der Waals surface area contributed by atoms with Gasteiger partial charge in [0.05, 0.1) is 32.7 Å². The summed E-state index contributed by atoms with van der Waals surface area (Å²) < 4.78 is 43.9. The minimum Gasteiger partial charge on any atom is -0.481 e. The molecule has 2 heterocycles. The lowest BCUT2D eigenvalue weighted by Crippen LogP contribution is -2.66. The number of nitrogens with zero attached hydrogens (tertiary/aromatic N) is 3. The van der Waals surface area contributed by atoms with E-state index in [1.807, 2.05) is 0 Å². The van der Waals surface area contributed by atoms with Crippen molar-refractivity contribution >= 4 is 35.8 Å². The van der Waals surface area contributed by atoms with Crippen molar-refractivity contribution in [3.05, 3.63) is 35.7 Å². The zero-order valence-corrected chi connectivity index (χ0v) is 25.9. The van der Waals surface area contributed by atoms with Crippen LogP contribution in [0.25, 0.3) is 5.69 Å². The first-order valence-electron chi connectivity index (χ1n) is 13.7. The van der Waals surface area contributed by atoms with E-state index < -0.39 is 79.6 Å². The molecule has 1 aliphatic heterocycles. The van der Waals surface area contributed by atoms with E-state index in [4.69, 9.17) is 33.2 Å². The summed E-state index contributed by atoms with van der Waals surface area (Å²) in [6.45, 7) is 3.53. The van der Waals surface area contributed by atoms with Crippen molar-refractivity contribution in [3.8, 4) is 11.4 Å². The third kappa shape index (κ3) is 9.70. The molecule has 250 valence electrons. The van der Waals surface area contributed by atoms with Gasteiger partial charge in [-0.15, -0.1) is 5.10 Å². The van der Waals surface area contributed by atoms with Crippen LogP contribution in [0.2, 0.25) is 0 Å². The minimum absolute atomic E-state index is 0.0227. The standard InChI is InChI=1S/C28H34N4O14/c1-14(33)29-24-26(45-17(4)36)25(44-16(3)35)22(12-41-15(2)34)46-28(24)43-11-18-10-32(31-30-18)19-7-8-20(27(38)40-6)21(9-19)42-13-23(37)39-5/h7-10,22,24-26,28H,11-13H2,1-6H3,(H,29,33)/t22-,24+,25-,26+,28+/m1/s1. The summed E-state index contributed by atoms with van der Waals surface area (Å²) in [4.78, 5) is 71.4. The van der Waals surface area contributed by atoms with Crippen LogP contribution in [-0.4, -0.2) is 109 Å². The van der Waals surface area contributed by atoms with Crippen molar-refractivity contribution in [1.82, 2.24) is 20.3 Å². The van der Waals surface area contributed by atoms with Gasteiger partial charge in [0, 0.05) is 33.8 Å². The highest BCUT2D eigenvalue weighted by Crippen LogP contribution is 2.29. The molecule has 1 amide bonds. The molecule has 1 N–H and O–H groups in total. The fourth-order valence-corrected chi connectivity index (χ4v) is 4.34. The number of benzene rings is 1. The second kappa shape index (κ2) is 16.3. The van der Waals surface area contributed by atoms with Crippen LogP contribution in [0.1, 0.15) is 43.7 Å². The second-order valence-electron chi connectivity index (χ2n) is 9.72. The predicted molar refractivity (Wildman–Crippen MR) is 149 cm³/mol. The van der Waals surface area contributed by atoms with Crippen molar-refractivity contribution in [2.75, 3.05) is 27.4 Å². The van der Waals surface area contributed by atoms with Crippen molar-refractivity contribution < 1.29 is 66.7 Å².